The molecule has 74 valence electrons. The molecule has 0 radical (unpaired) electrons. The van der Waals surface area contributed by atoms with E-state index in [-0.39, 0.29) is 0 Å². The second-order valence-electron chi connectivity index (χ2n) is 3.18. The van der Waals surface area contributed by atoms with Gasteiger partial charge in [0.15, 0.2) is 5.82 Å². The zero-order valence-corrected chi connectivity index (χ0v) is 7.73. The fourth-order valence-electron chi connectivity index (χ4n) is 1.44. The Morgan fingerprint density at radius 2 is 2.27 bits per heavy atom. The molecular formula is C9H8N6. The number of aromatic amines is 2. The maximum absolute atomic E-state index is 5.51. The van der Waals surface area contributed by atoms with E-state index in [4.69, 9.17) is 5.73 Å². The van der Waals surface area contributed by atoms with Crippen molar-refractivity contribution < 1.29 is 0 Å². The molecule has 0 aliphatic carbocycles. The van der Waals surface area contributed by atoms with Gasteiger partial charge in [-0.2, -0.15) is 5.10 Å². The molecule has 3 aromatic heterocycles. The molecule has 0 bridgehead atoms. The Labute approximate surface area is 84.6 Å². The maximum Gasteiger partial charge on any atom is 0.156 e. The summed E-state index contributed by atoms with van der Waals surface area (Å²) in [7, 11) is 0. The number of rotatable bonds is 1. The zero-order valence-electron chi connectivity index (χ0n) is 7.73. The highest BCUT2D eigenvalue weighted by atomic mass is 15.2. The number of nitrogens with zero attached hydrogens (tertiary/aromatic N) is 3. The van der Waals surface area contributed by atoms with Crippen LogP contribution in [-0.4, -0.2) is 25.1 Å². The number of nitrogens with two attached hydrogens (primary N) is 1. The third-order valence-corrected chi connectivity index (χ3v) is 2.14. The molecule has 6 nitrogen and oxygen atoms in total. The summed E-state index contributed by atoms with van der Waals surface area (Å²) in [4.78, 5) is 11.5. The van der Waals surface area contributed by atoms with E-state index in [1.807, 2.05) is 6.07 Å². The molecule has 15 heavy (non-hydrogen) atoms. The first-order valence-corrected chi connectivity index (χ1v) is 4.44. The number of nitrogen functional groups attached to an aromatic ring is 1. The van der Waals surface area contributed by atoms with Gasteiger partial charge in [-0.3, -0.25) is 10.1 Å². The van der Waals surface area contributed by atoms with Gasteiger partial charge in [-0.1, -0.05) is 0 Å². The molecule has 0 saturated heterocycles. The third kappa shape index (κ3) is 1.23. The van der Waals surface area contributed by atoms with Gasteiger partial charge in [0, 0.05) is 12.3 Å². The molecular weight excluding hydrogens is 192 g/mol. The van der Waals surface area contributed by atoms with Crippen molar-refractivity contribution in [2.75, 3.05) is 5.73 Å². The zero-order chi connectivity index (χ0) is 10.3. The second kappa shape index (κ2) is 2.81. The lowest BCUT2D eigenvalue weighted by molar-refractivity contribution is 1.09. The summed E-state index contributed by atoms with van der Waals surface area (Å²) >= 11 is 0. The van der Waals surface area contributed by atoms with E-state index in [1.54, 1.807) is 18.5 Å². The van der Waals surface area contributed by atoms with Crippen LogP contribution in [0.1, 0.15) is 0 Å². The average molecular weight is 200 g/mol. The largest absolute Gasteiger partial charge is 0.382 e. The summed E-state index contributed by atoms with van der Waals surface area (Å²) in [6.45, 7) is 0. The minimum absolute atomic E-state index is 0.448. The van der Waals surface area contributed by atoms with Gasteiger partial charge in [0.2, 0.25) is 0 Å². The van der Waals surface area contributed by atoms with Crippen molar-refractivity contribution in [1.29, 1.82) is 0 Å². The normalized spacial score (nSPS) is 10.9. The van der Waals surface area contributed by atoms with Crippen molar-refractivity contribution in [3.63, 3.8) is 0 Å². The Balaban J connectivity index is 2.19. The Hall–Kier alpha value is -2.37. The molecule has 0 amide bonds. The Morgan fingerprint density at radius 1 is 1.33 bits per heavy atom. The number of hydrogen-bond donors (Lipinski definition) is 3. The van der Waals surface area contributed by atoms with Crippen LogP contribution in [0.3, 0.4) is 0 Å². The summed E-state index contributed by atoms with van der Waals surface area (Å²) in [5, 5.41) is 6.63. The molecule has 3 heterocycles. The van der Waals surface area contributed by atoms with Crippen molar-refractivity contribution in [2.45, 2.75) is 0 Å². The van der Waals surface area contributed by atoms with Gasteiger partial charge in [0.25, 0.3) is 0 Å². The molecule has 0 spiro atoms. The number of fused-ring (bicyclic) bond motifs is 1. The monoisotopic (exact) mass is 200 g/mol. The Bertz CT molecular complexity index is 575. The van der Waals surface area contributed by atoms with Crippen LogP contribution in [0.15, 0.2) is 24.5 Å². The van der Waals surface area contributed by atoms with Crippen LogP contribution in [0.4, 0.5) is 5.82 Å². The van der Waals surface area contributed by atoms with Crippen LogP contribution < -0.4 is 5.73 Å². The fraction of sp³-hybridized carbons (Fsp3) is 0. The van der Waals surface area contributed by atoms with Crippen molar-refractivity contribution in [3.8, 4) is 11.5 Å². The molecule has 3 rings (SSSR count). The highest BCUT2D eigenvalue weighted by Gasteiger charge is 2.06. The fourth-order valence-corrected chi connectivity index (χ4v) is 1.44. The van der Waals surface area contributed by atoms with Crippen LogP contribution in [0, 0.1) is 0 Å². The molecule has 0 aliphatic heterocycles. The molecule has 3 aromatic rings. The highest BCUT2D eigenvalue weighted by molar-refractivity contribution is 5.77. The topological polar surface area (TPSA) is 96.3 Å². The van der Waals surface area contributed by atoms with E-state index in [2.05, 4.69) is 25.1 Å². The number of aromatic nitrogens is 5. The van der Waals surface area contributed by atoms with Gasteiger partial charge in [-0.15, -0.1) is 0 Å². The summed E-state index contributed by atoms with van der Waals surface area (Å²) in [6.07, 6.45) is 3.43. The van der Waals surface area contributed by atoms with Gasteiger partial charge >= 0.3 is 0 Å². The lowest BCUT2D eigenvalue weighted by Crippen LogP contribution is -1.81. The first-order chi connectivity index (χ1) is 7.33. The van der Waals surface area contributed by atoms with Crippen molar-refractivity contribution in [3.05, 3.63) is 24.5 Å². The van der Waals surface area contributed by atoms with Gasteiger partial charge in [0.1, 0.15) is 11.5 Å². The highest BCUT2D eigenvalue weighted by Crippen LogP contribution is 2.18. The van der Waals surface area contributed by atoms with Crippen molar-refractivity contribution in [2.24, 2.45) is 0 Å². The number of nitrogens with one attached hydrogen (secondary N) is 2. The first kappa shape index (κ1) is 7.98. The van der Waals surface area contributed by atoms with Gasteiger partial charge in [-0.25, -0.2) is 4.98 Å². The average Bonchev–Trinajstić information content (AvgIpc) is 2.82. The van der Waals surface area contributed by atoms with Crippen LogP contribution in [0.25, 0.3) is 22.6 Å². The molecule has 0 atom stereocenters. The van der Waals surface area contributed by atoms with Gasteiger partial charge in [-0.05, 0) is 6.07 Å². The van der Waals surface area contributed by atoms with Crippen LogP contribution in [0.2, 0.25) is 0 Å². The smallest absolute Gasteiger partial charge is 0.156 e. The first-order valence-electron chi connectivity index (χ1n) is 4.44. The number of anilines is 1. The minimum atomic E-state index is 0.448. The summed E-state index contributed by atoms with van der Waals surface area (Å²) in [5.41, 5.74) is 8.04. The van der Waals surface area contributed by atoms with Gasteiger partial charge in [0.05, 0.1) is 17.2 Å². The van der Waals surface area contributed by atoms with E-state index < -0.39 is 0 Å². The molecule has 0 fully saturated rings. The summed E-state index contributed by atoms with van der Waals surface area (Å²) < 4.78 is 0. The number of hydrogen-bond acceptors (Lipinski definition) is 4. The van der Waals surface area contributed by atoms with E-state index in [9.17, 15) is 0 Å². The lowest BCUT2D eigenvalue weighted by atomic mass is 10.4. The van der Waals surface area contributed by atoms with Crippen LogP contribution >= 0.6 is 0 Å². The summed E-state index contributed by atoms with van der Waals surface area (Å²) in [6, 6.07) is 3.57. The molecule has 6 heteroatoms. The minimum Gasteiger partial charge on any atom is -0.382 e. The standard InChI is InChI=1S/C9H8N6/c10-8-3-6(14-15-8)9-12-5-1-2-11-4-7(5)13-9/h1-4H,(H,12,13)(H3,10,14,15). The predicted molar refractivity (Wildman–Crippen MR) is 55.9 cm³/mol. The maximum atomic E-state index is 5.51. The SMILES string of the molecule is Nc1cc(-c2nc3ccncc3[nH]2)[nH]n1. The van der Waals surface area contributed by atoms with Crippen LogP contribution in [-0.2, 0) is 0 Å². The predicted octanol–water partition coefficient (Wildman–Crippen LogP) is 0.930. The Kier molecular flexibility index (Phi) is 1.49. The third-order valence-electron chi connectivity index (χ3n) is 2.14. The second-order valence-corrected chi connectivity index (χ2v) is 3.18. The molecule has 4 N–H and O–H groups in total. The Morgan fingerprint density at radius 3 is 3.00 bits per heavy atom. The molecule has 0 aliphatic rings. The molecule has 0 saturated carbocycles. The van der Waals surface area contributed by atoms with E-state index in [1.165, 1.54) is 0 Å². The van der Waals surface area contributed by atoms with E-state index in [0.717, 1.165) is 16.7 Å². The molecule has 0 aromatic carbocycles. The molecule has 0 unspecified atom stereocenters. The van der Waals surface area contributed by atoms with E-state index in [0.29, 0.717) is 11.6 Å². The number of pyridine rings is 1. The van der Waals surface area contributed by atoms with Crippen LogP contribution in [0.5, 0.6) is 0 Å². The van der Waals surface area contributed by atoms with E-state index >= 15 is 0 Å². The quantitative estimate of drug-likeness (QED) is 0.544. The number of H-pyrrole nitrogens is 2. The van der Waals surface area contributed by atoms with Crippen molar-refractivity contribution in [1.82, 2.24) is 25.1 Å². The van der Waals surface area contributed by atoms with Crippen molar-refractivity contribution >= 4 is 16.9 Å². The lowest BCUT2D eigenvalue weighted by Gasteiger charge is -1.86. The summed E-state index contributed by atoms with van der Waals surface area (Å²) in [5.74, 6) is 1.16. The van der Waals surface area contributed by atoms with Gasteiger partial charge < -0.3 is 10.7 Å². The number of imidazole rings is 1.